The number of aryl methyl sites for hydroxylation is 1. The zero-order chi connectivity index (χ0) is 23.1. The van der Waals surface area contributed by atoms with E-state index >= 15 is 0 Å². The molecule has 1 N–H and O–H groups in total. The van der Waals surface area contributed by atoms with Gasteiger partial charge in [-0.1, -0.05) is 59.1 Å². The summed E-state index contributed by atoms with van der Waals surface area (Å²) in [4.78, 5) is 12.5. The average Bonchev–Trinajstić information content (AvgIpc) is 2.77. The SMILES string of the molecule is Cc1ccc(CSCCNC(=O)C2CCN(S(=O)(=O)Cc3ccc(Cl)cc3Cl)CC2)cc1. The molecule has 0 unspecified atom stereocenters. The van der Waals surface area contributed by atoms with E-state index in [1.807, 2.05) is 0 Å². The number of piperidine rings is 1. The van der Waals surface area contributed by atoms with Crippen LogP contribution in [-0.4, -0.2) is 44.0 Å². The first-order valence-corrected chi connectivity index (χ1v) is 14.1. The summed E-state index contributed by atoms with van der Waals surface area (Å²) in [7, 11) is -3.50. The van der Waals surface area contributed by atoms with Gasteiger partial charge in [0.1, 0.15) is 0 Å². The smallest absolute Gasteiger partial charge is 0.223 e. The van der Waals surface area contributed by atoms with Gasteiger partial charge in [-0.25, -0.2) is 12.7 Å². The predicted octanol–water partition coefficient (Wildman–Crippen LogP) is 4.89. The summed E-state index contributed by atoms with van der Waals surface area (Å²) in [6.45, 7) is 3.37. The Kier molecular flexibility index (Phi) is 9.32. The maximum atomic E-state index is 12.8. The molecule has 0 saturated carbocycles. The lowest BCUT2D eigenvalue weighted by Crippen LogP contribution is -2.43. The van der Waals surface area contributed by atoms with E-state index in [-0.39, 0.29) is 17.6 Å². The Morgan fingerprint density at radius 3 is 2.47 bits per heavy atom. The number of hydrogen-bond donors (Lipinski definition) is 1. The molecule has 2 aromatic carbocycles. The van der Waals surface area contributed by atoms with Crippen LogP contribution in [0.1, 0.15) is 29.5 Å². The topological polar surface area (TPSA) is 66.5 Å². The van der Waals surface area contributed by atoms with Crippen LogP contribution in [0, 0.1) is 12.8 Å². The summed E-state index contributed by atoms with van der Waals surface area (Å²) in [5.74, 6) is 1.46. The highest BCUT2D eigenvalue weighted by molar-refractivity contribution is 7.98. The Hall–Kier alpha value is -1.25. The van der Waals surface area contributed by atoms with E-state index in [0.717, 1.165) is 11.5 Å². The Bertz CT molecular complexity index is 1020. The lowest BCUT2D eigenvalue weighted by Gasteiger charge is -2.30. The summed E-state index contributed by atoms with van der Waals surface area (Å²) < 4.78 is 27.0. The van der Waals surface area contributed by atoms with Crippen molar-refractivity contribution < 1.29 is 13.2 Å². The minimum Gasteiger partial charge on any atom is -0.355 e. The molecule has 1 fully saturated rings. The van der Waals surface area contributed by atoms with Gasteiger partial charge in [0.25, 0.3) is 0 Å². The monoisotopic (exact) mass is 514 g/mol. The maximum Gasteiger partial charge on any atom is 0.223 e. The molecule has 1 amide bonds. The Morgan fingerprint density at radius 1 is 1.12 bits per heavy atom. The van der Waals surface area contributed by atoms with Crippen molar-refractivity contribution in [1.29, 1.82) is 0 Å². The fourth-order valence-electron chi connectivity index (χ4n) is 3.59. The van der Waals surface area contributed by atoms with Crippen molar-refractivity contribution in [1.82, 2.24) is 9.62 Å². The number of carbonyl (C=O) groups excluding carboxylic acids is 1. The minimum atomic E-state index is -3.50. The van der Waals surface area contributed by atoms with Gasteiger partial charge < -0.3 is 5.32 Å². The summed E-state index contributed by atoms with van der Waals surface area (Å²) in [5, 5.41) is 3.81. The standard InChI is InChI=1S/C23H28Cl2N2O3S2/c1-17-2-4-18(5-3-17)15-31-13-10-26-23(28)19-8-11-27(12-9-19)32(29,30)16-20-6-7-21(24)14-22(20)25/h2-7,14,19H,8-13,15-16H2,1H3,(H,26,28). The van der Waals surface area contributed by atoms with Gasteiger partial charge >= 0.3 is 0 Å². The van der Waals surface area contributed by atoms with Gasteiger partial charge in [-0.05, 0) is 43.0 Å². The van der Waals surface area contributed by atoms with E-state index in [2.05, 4.69) is 36.5 Å². The van der Waals surface area contributed by atoms with Crippen molar-refractivity contribution in [3.05, 3.63) is 69.2 Å². The molecule has 1 aliphatic heterocycles. The zero-order valence-corrected chi connectivity index (χ0v) is 21.2. The van der Waals surface area contributed by atoms with Crippen molar-refractivity contribution in [2.24, 2.45) is 5.92 Å². The van der Waals surface area contributed by atoms with Gasteiger partial charge in [-0.2, -0.15) is 11.8 Å². The number of hydrogen-bond acceptors (Lipinski definition) is 4. The van der Waals surface area contributed by atoms with Gasteiger partial charge in [-0.15, -0.1) is 0 Å². The van der Waals surface area contributed by atoms with Crippen molar-refractivity contribution in [3.8, 4) is 0 Å². The molecule has 0 spiro atoms. The third-order valence-corrected chi connectivity index (χ3v) is 8.95. The summed E-state index contributed by atoms with van der Waals surface area (Å²) >= 11 is 13.8. The molecule has 0 atom stereocenters. The number of amides is 1. The van der Waals surface area contributed by atoms with Crippen LogP contribution in [0.3, 0.4) is 0 Å². The third-order valence-electron chi connectivity index (χ3n) is 5.51. The average molecular weight is 516 g/mol. The first kappa shape index (κ1) is 25.4. The molecule has 2 aromatic rings. The van der Waals surface area contributed by atoms with Crippen LogP contribution >= 0.6 is 35.0 Å². The predicted molar refractivity (Wildman–Crippen MR) is 134 cm³/mol. The Balaban J connectivity index is 1.38. The maximum absolute atomic E-state index is 12.8. The van der Waals surface area contributed by atoms with Crippen LogP contribution < -0.4 is 5.32 Å². The van der Waals surface area contributed by atoms with Gasteiger partial charge in [0.15, 0.2) is 0 Å². The van der Waals surface area contributed by atoms with Crippen LogP contribution in [0.25, 0.3) is 0 Å². The van der Waals surface area contributed by atoms with E-state index in [1.165, 1.54) is 15.4 Å². The van der Waals surface area contributed by atoms with E-state index in [1.54, 1.807) is 30.0 Å². The molecule has 0 bridgehead atoms. The second-order valence-corrected chi connectivity index (χ2v) is 11.9. The van der Waals surface area contributed by atoms with E-state index < -0.39 is 10.0 Å². The molecule has 5 nitrogen and oxygen atoms in total. The molecule has 174 valence electrons. The normalized spacial score (nSPS) is 15.6. The van der Waals surface area contributed by atoms with Crippen LogP contribution in [-0.2, 0) is 26.3 Å². The van der Waals surface area contributed by atoms with Crippen molar-refractivity contribution in [2.45, 2.75) is 31.3 Å². The Morgan fingerprint density at radius 2 is 1.81 bits per heavy atom. The molecular weight excluding hydrogens is 487 g/mol. The summed E-state index contributed by atoms with van der Waals surface area (Å²) in [5.41, 5.74) is 3.05. The summed E-state index contributed by atoms with van der Waals surface area (Å²) in [6, 6.07) is 13.3. The number of nitrogens with zero attached hydrogens (tertiary/aromatic N) is 1. The molecule has 0 aromatic heterocycles. The highest BCUT2D eigenvalue weighted by Gasteiger charge is 2.31. The van der Waals surface area contributed by atoms with Crippen LogP contribution in [0.15, 0.2) is 42.5 Å². The van der Waals surface area contributed by atoms with Gasteiger partial charge in [-0.3, -0.25) is 4.79 Å². The van der Waals surface area contributed by atoms with E-state index in [4.69, 9.17) is 23.2 Å². The molecule has 1 saturated heterocycles. The van der Waals surface area contributed by atoms with Gasteiger partial charge in [0.2, 0.25) is 15.9 Å². The number of halogens is 2. The minimum absolute atomic E-state index is 0.0127. The first-order valence-electron chi connectivity index (χ1n) is 10.6. The molecule has 1 heterocycles. The van der Waals surface area contributed by atoms with E-state index in [9.17, 15) is 13.2 Å². The highest BCUT2D eigenvalue weighted by atomic mass is 35.5. The first-order chi connectivity index (χ1) is 15.2. The molecule has 1 aliphatic rings. The molecular formula is C23H28Cl2N2O3S2. The molecule has 9 heteroatoms. The second-order valence-electron chi connectivity index (χ2n) is 7.99. The van der Waals surface area contributed by atoms with Crippen molar-refractivity contribution >= 4 is 50.9 Å². The number of sulfonamides is 1. The number of carbonyl (C=O) groups is 1. The fourth-order valence-corrected chi connectivity index (χ4v) is 6.56. The number of nitrogens with one attached hydrogen (secondary N) is 1. The largest absolute Gasteiger partial charge is 0.355 e. The highest BCUT2D eigenvalue weighted by Crippen LogP contribution is 2.26. The van der Waals surface area contributed by atoms with Crippen LogP contribution in [0.2, 0.25) is 10.0 Å². The Labute approximate surface area is 204 Å². The molecule has 32 heavy (non-hydrogen) atoms. The zero-order valence-electron chi connectivity index (χ0n) is 18.0. The van der Waals surface area contributed by atoms with Crippen LogP contribution in [0.4, 0.5) is 0 Å². The number of rotatable bonds is 9. The molecule has 0 radical (unpaired) electrons. The number of benzene rings is 2. The van der Waals surface area contributed by atoms with Crippen molar-refractivity contribution in [3.63, 3.8) is 0 Å². The summed E-state index contributed by atoms with van der Waals surface area (Å²) in [6.07, 6.45) is 1.05. The quantitative estimate of drug-likeness (QED) is 0.483. The van der Waals surface area contributed by atoms with E-state index in [0.29, 0.717) is 48.1 Å². The molecule has 0 aliphatic carbocycles. The van der Waals surface area contributed by atoms with Crippen molar-refractivity contribution in [2.75, 3.05) is 25.4 Å². The lowest BCUT2D eigenvalue weighted by atomic mass is 9.97. The fraction of sp³-hybridized carbons (Fsp3) is 0.435. The van der Waals surface area contributed by atoms with Crippen LogP contribution in [0.5, 0.6) is 0 Å². The lowest BCUT2D eigenvalue weighted by molar-refractivity contribution is -0.125. The second kappa shape index (κ2) is 11.7. The molecule has 3 rings (SSSR count). The number of thioether (sulfide) groups is 1. The third kappa shape index (κ3) is 7.39. The van der Waals surface area contributed by atoms with Gasteiger partial charge in [0, 0.05) is 47.1 Å². The van der Waals surface area contributed by atoms with Gasteiger partial charge in [0.05, 0.1) is 5.75 Å².